The van der Waals surface area contributed by atoms with E-state index in [1.54, 1.807) is 0 Å². The van der Waals surface area contributed by atoms with Crippen LogP contribution in [0.1, 0.15) is 44.9 Å². The van der Waals surface area contributed by atoms with E-state index in [1.807, 2.05) is 0 Å². The lowest BCUT2D eigenvalue weighted by Crippen LogP contribution is -2.63. The van der Waals surface area contributed by atoms with Crippen molar-refractivity contribution in [1.29, 1.82) is 5.26 Å². The van der Waals surface area contributed by atoms with Crippen molar-refractivity contribution < 1.29 is 9.53 Å². The number of nitriles is 1. The number of hydrogen-bond acceptors (Lipinski definition) is 4. The Balaban J connectivity index is 2.04. The van der Waals surface area contributed by atoms with Crippen molar-refractivity contribution >= 4 is 5.91 Å². The molecule has 0 spiro atoms. The molecule has 0 radical (unpaired) electrons. The molecule has 1 saturated carbocycles. The molecule has 6 nitrogen and oxygen atoms in total. The number of amides is 1. The second kappa shape index (κ2) is 8.86. The second-order valence-electron chi connectivity index (χ2n) is 6.37. The SMILES string of the molecule is [C-]#[N+]CCCC(C#N)NC(=O)C1(N2CCOCC2)CCCCC1. The van der Waals surface area contributed by atoms with Crippen molar-refractivity contribution in [2.24, 2.45) is 0 Å². The summed E-state index contributed by atoms with van der Waals surface area (Å²) >= 11 is 0. The summed E-state index contributed by atoms with van der Waals surface area (Å²) in [6.07, 6.45) is 6.19. The van der Waals surface area contributed by atoms with Crippen LogP contribution in [0, 0.1) is 17.9 Å². The van der Waals surface area contributed by atoms with Crippen molar-refractivity contribution in [2.45, 2.75) is 56.5 Å². The minimum Gasteiger partial charge on any atom is -0.379 e. The average molecular weight is 318 g/mol. The molecule has 0 bridgehead atoms. The number of nitrogens with zero attached hydrogens (tertiary/aromatic N) is 3. The van der Waals surface area contributed by atoms with Gasteiger partial charge >= 0.3 is 0 Å². The molecule has 1 N–H and O–H groups in total. The summed E-state index contributed by atoms with van der Waals surface area (Å²) in [5.41, 5.74) is -0.475. The predicted molar refractivity (Wildman–Crippen MR) is 86.5 cm³/mol. The molecule has 2 fully saturated rings. The molecule has 1 aliphatic carbocycles. The Morgan fingerprint density at radius 3 is 2.65 bits per heavy atom. The predicted octanol–water partition coefficient (Wildman–Crippen LogP) is 1.73. The Labute approximate surface area is 138 Å². The summed E-state index contributed by atoms with van der Waals surface area (Å²) in [6.45, 7) is 10.1. The largest absolute Gasteiger partial charge is 0.379 e. The maximum Gasteiger partial charge on any atom is 0.241 e. The highest BCUT2D eigenvalue weighted by Crippen LogP contribution is 2.34. The quantitative estimate of drug-likeness (QED) is 0.598. The lowest BCUT2D eigenvalue weighted by Gasteiger charge is -2.46. The van der Waals surface area contributed by atoms with Crippen LogP contribution in [0.25, 0.3) is 4.85 Å². The van der Waals surface area contributed by atoms with Gasteiger partial charge in [-0.25, -0.2) is 6.57 Å². The average Bonchev–Trinajstić information content (AvgIpc) is 2.62. The Bertz CT molecular complexity index is 468. The van der Waals surface area contributed by atoms with E-state index < -0.39 is 11.6 Å². The molecule has 1 unspecified atom stereocenters. The van der Waals surface area contributed by atoms with Crippen LogP contribution in [0.3, 0.4) is 0 Å². The Kier molecular flexibility index (Phi) is 6.83. The minimum atomic E-state index is -0.496. The van der Waals surface area contributed by atoms with Crippen molar-refractivity contribution in [1.82, 2.24) is 10.2 Å². The van der Waals surface area contributed by atoms with E-state index in [9.17, 15) is 10.1 Å². The molecule has 126 valence electrons. The summed E-state index contributed by atoms with van der Waals surface area (Å²) < 4.78 is 5.43. The van der Waals surface area contributed by atoms with Crippen molar-refractivity contribution in [3.05, 3.63) is 11.4 Å². The molecule has 2 rings (SSSR count). The van der Waals surface area contributed by atoms with Crippen LogP contribution < -0.4 is 5.32 Å². The van der Waals surface area contributed by atoms with Gasteiger partial charge in [-0.3, -0.25) is 9.69 Å². The van der Waals surface area contributed by atoms with E-state index in [1.165, 1.54) is 6.42 Å². The van der Waals surface area contributed by atoms with E-state index in [0.717, 1.165) is 38.8 Å². The van der Waals surface area contributed by atoms with Gasteiger partial charge in [0.05, 0.1) is 19.3 Å². The number of ether oxygens (including phenoxy) is 1. The maximum absolute atomic E-state index is 13.0. The van der Waals surface area contributed by atoms with Gasteiger partial charge in [0.1, 0.15) is 11.6 Å². The van der Waals surface area contributed by atoms with Crippen LogP contribution >= 0.6 is 0 Å². The van der Waals surface area contributed by atoms with Gasteiger partial charge in [0, 0.05) is 19.5 Å². The maximum atomic E-state index is 13.0. The third-order valence-corrected chi connectivity index (χ3v) is 4.94. The number of morpholine rings is 1. The van der Waals surface area contributed by atoms with E-state index >= 15 is 0 Å². The third-order valence-electron chi connectivity index (χ3n) is 4.94. The molecule has 1 saturated heterocycles. The monoisotopic (exact) mass is 318 g/mol. The van der Waals surface area contributed by atoms with Crippen LogP contribution in [0.2, 0.25) is 0 Å². The second-order valence-corrected chi connectivity index (χ2v) is 6.37. The van der Waals surface area contributed by atoms with Crippen molar-refractivity contribution in [3.63, 3.8) is 0 Å². The zero-order chi connectivity index (χ0) is 16.5. The summed E-state index contributed by atoms with van der Waals surface area (Å²) in [7, 11) is 0. The summed E-state index contributed by atoms with van der Waals surface area (Å²) in [5, 5.41) is 12.2. The molecule has 0 aromatic heterocycles. The molecule has 2 aliphatic rings. The highest BCUT2D eigenvalue weighted by Gasteiger charge is 2.45. The molecule has 6 heteroatoms. The standard InChI is InChI=1S/C17H26N4O2/c1-19-9-5-6-15(14-18)20-16(22)17(7-3-2-4-8-17)21-10-12-23-13-11-21/h15H,2-13H2,(H,20,22). The number of nitrogens with one attached hydrogen (secondary N) is 1. The Hall–Kier alpha value is -1.63. The number of rotatable bonds is 6. The van der Waals surface area contributed by atoms with Gasteiger partial charge in [0.2, 0.25) is 12.5 Å². The van der Waals surface area contributed by atoms with Crippen LogP contribution in [0.4, 0.5) is 0 Å². The summed E-state index contributed by atoms with van der Waals surface area (Å²) in [4.78, 5) is 18.6. The first kappa shape index (κ1) is 17.7. The Morgan fingerprint density at radius 2 is 2.04 bits per heavy atom. The molecular formula is C17H26N4O2. The lowest BCUT2D eigenvalue weighted by molar-refractivity contribution is -0.140. The Morgan fingerprint density at radius 1 is 1.35 bits per heavy atom. The van der Waals surface area contributed by atoms with Gasteiger partial charge in [-0.1, -0.05) is 19.3 Å². The highest BCUT2D eigenvalue weighted by molar-refractivity contribution is 5.87. The molecule has 1 atom stereocenters. The zero-order valence-electron chi connectivity index (χ0n) is 13.7. The van der Waals surface area contributed by atoms with Gasteiger partial charge in [-0.2, -0.15) is 5.26 Å². The fraction of sp³-hybridized carbons (Fsp3) is 0.824. The molecule has 1 amide bonds. The zero-order valence-corrected chi connectivity index (χ0v) is 13.7. The van der Waals surface area contributed by atoms with Crippen LogP contribution in [-0.4, -0.2) is 55.2 Å². The van der Waals surface area contributed by atoms with Gasteiger partial charge in [0.25, 0.3) is 0 Å². The van der Waals surface area contributed by atoms with E-state index in [-0.39, 0.29) is 5.91 Å². The fourth-order valence-electron chi connectivity index (χ4n) is 3.65. The topological polar surface area (TPSA) is 69.7 Å². The number of hydrogen-bond donors (Lipinski definition) is 1. The lowest BCUT2D eigenvalue weighted by atomic mass is 9.79. The van der Waals surface area contributed by atoms with Crippen molar-refractivity contribution in [2.75, 3.05) is 32.8 Å². The molecule has 23 heavy (non-hydrogen) atoms. The summed E-state index contributed by atoms with van der Waals surface area (Å²) in [6, 6.07) is 1.68. The number of carbonyl (C=O) groups is 1. The fourth-order valence-corrected chi connectivity index (χ4v) is 3.65. The van der Waals surface area contributed by atoms with Crippen molar-refractivity contribution in [3.8, 4) is 6.07 Å². The van der Waals surface area contributed by atoms with Gasteiger partial charge < -0.3 is 14.9 Å². The van der Waals surface area contributed by atoms with Crippen LogP contribution in [0.5, 0.6) is 0 Å². The molecular weight excluding hydrogens is 292 g/mol. The molecule has 1 heterocycles. The van der Waals surface area contributed by atoms with Crippen LogP contribution in [-0.2, 0) is 9.53 Å². The van der Waals surface area contributed by atoms with Crippen LogP contribution in [0.15, 0.2) is 0 Å². The van der Waals surface area contributed by atoms with E-state index in [2.05, 4.69) is 21.1 Å². The first-order valence-electron chi connectivity index (χ1n) is 8.59. The normalized spacial score (nSPS) is 22.5. The van der Waals surface area contributed by atoms with Gasteiger partial charge in [-0.05, 0) is 19.3 Å². The third kappa shape index (κ3) is 4.43. The summed E-state index contributed by atoms with van der Waals surface area (Å²) in [5.74, 6) is -0.00605. The molecule has 0 aromatic carbocycles. The first-order valence-corrected chi connectivity index (χ1v) is 8.59. The van der Waals surface area contributed by atoms with Gasteiger partial charge in [0.15, 0.2) is 0 Å². The molecule has 0 aromatic rings. The minimum absolute atomic E-state index is 0.00605. The smallest absolute Gasteiger partial charge is 0.241 e. The highest BCUT2D eigenvalue weighted by atomic mass is 16.5. The number of carbonyl (C=O) groups excluding carboxylic acids is 1. The first-order chi connectivity index (χ1) is 11.2. The molecule has 1 aliphatic heterocycles. The van der Waals surface area contributed by atoms with E-state index in [4.69, 9.17) is 11.3 Å². The van der Waals surface area contributed by atoms with E-state index in [0.29, 0.717) is 32.6 Å². The van der Waals surface area contributed by atoms with Gasteiger partial charge in [-0.15, -0.1) is 0 Å².